The molecular weight excluding hydrogens is 182 g/mol. The number of rotatable bonds is 8. The highest BCUT2D eigenvalue weighted by molar-refractivity contribution is 4.75. The van der Waals surface area contributed by atoms with Crippen LogP contribution in [0.2, 0.25) is 0 Å². The van der Waals surface area contributed by atoms with Gasteiger partial charge in [0.1, 0.15) is 0 Å². The second-order valence-corrected chi connectivity index (χ2v) is 5.64. The molecule has 1 nitrogen and oxygen atoms in total. The van der Waals surface area contributed by atoms with Gasteiger partial charge in [0.25, 0.3) is 0 Å². The number of nitrogens with one attached hydrogen (secondary N) is 1. The molecule has 0 aromatic heterocycles. The van der Waals surface area contributed by atoms with E-state index in [1.54, 1.807) is 0 Å². The Kier molecular flexibility index (Phi) is 8.13. The zero-order valence-corrected chi connectivity index (χ0v) is 11.6. The van der Waals surface area contributed by atoms with Crippen LogP contribution in [0.3, 0.4) is 0 Å². The third kappa shape index (κ3) is 7.84. The van der Waals surface area contributed by atoms with Crippen molar-refractivity contribution in [3.8, 4) is 0 Å². The normalized spacial score (nSPS) is 12.4. The summed E-state index contributed by atoms with van der Waals surface area (Å²) in [5.41, 5.74) is 0. The number of hydrogen-bond donors (Lipinski definition) is 1. The standard InChI is InChI=1S/C14H31N/c1-7-13(8-2)15-14(9-11(3)4)10-12(5)6/h11-15H,7-10H2,1-6H3. The molecule has 0 aliphatic heterocycles. The van der Waals surface area contributed by atoms with Gasteiger partial charge in [0.2, 0.25) is 0 Å². The van der Waals surface area contributed by atoms with E-state index in [-0.39, 0.29) is 0 Å². The quantitative estimate of drug-likeness (QED) is 0.636. The molecule has 1 N–H and O–H groups in total. The zero-order chi connectivity index (χ0) is 11.8. The van der Waals surface area contributed by atoms with Gasteiger partial charge in [0.05, 0.1) is 0 Å². The molecule has 0 aliphatic rings. The molecule has 0 aromatic rings. The lowest BCUT2D eigenvalue weighted by Crippen LogP contribution is -2.39. The summed E-state index contributed by atoms with van der Waals surface area (Å²) in [6.07, 6.45) is 5.13. The molecule has 0 amide bonds. The summed E-state index contributed by atoms with van der Waals surface area (Å²) in [6.45, 7) is 13.8. The van der Waals surface area contributed by atoms with Gasteiger partial charge in [0.15, 0.2) is 0 Å². The molecule has 0 saturated carbocycles. The van der Waals surface area contributed by atoms with E-state index in [2.05, 4.69) is 46.9 Å². The van der Waals surface area contributed by atoms with Crippen molar-refractivity contribution in [1.29, 1.82) is 0 Å². The van der Waals surface area contributed by atoms with E-state index in [9.17, 15) is 0 Å². The average molecular weight is 213 g/mol. The summed E-state index contributed by atoms with van der Waals surface area (Å²) in [5, 5.41) is 3.82. The van der Waals surface area contributed by atoms with Crippen molar-refractivity contribution in [1.82, 2.24) is 5.32 Å². The minimum Gasteiger partial charge on any atom is -0.311 e. The maximum atomic E-state index is 3.82. The van der Waals surface area contributed by atoms with Crippen molar-refractivity contribution in [3.05, 3.63) is 0 Å². The Morgan fingerprint density at radius 3 is 1.40 bits per heavy atom. The average Bonchev–Trinajstić information content (AvgIpc) is 2.11. The summed E-state index contributed by atoms with van der Waals surface area (Å²) in [7, 11) is 0. The molecule has 1 heteroatoms. The summed E-state index contributed by atoms with van der Waals surface area (Å²) in [5.74, 6) is 1.60. The lowest BCUT2D eigenvalue weighted by atomic mass is 9.94. The van der Waals surface area contributed by atoms with Crippen molar-refractivity contribution < 1.29 is 0 Å². The highest BCUT2D eigenvalue weighted by Crippen LogP contribution is 2.15. The van der Waals surface area contributed by atoms with E-state index in [1.165, 1.54) is 25.7 Å². The first-order valence-corrected chi connectivity index (χ1v) is 6.75. The first-order chi connectivity index (χ1) is 6.99. The van der Waals surface area contributed by atoms with Crippen LogP contribution < -0.4 is 5.32 Å². The van der Waals surface area contributed by atoms with E-state index in [0.717, 1.165) is 17.9 Å². The van der Waals surface area contributed by atoms with Crippen LogP contribution in [0.15, 0.2) is 0 Å². The monoisotopic (exact) mass is 213 g/mol. The Bertz CT molecular complexity index is 126. The van der Waals surface area contributed by atoms with E-state index >= 15 is 0 Å². The highest BCUT2D eigenvalue weighted by Gasteiger charge is 2.15. The Morgan fingerprint density at radius 2 is 1.13 bits per heavy atom. The van der Waals surface area contributed by atoms with Crippen molar-refractivity contribution in [2.45, 2.75) is 79.3 Å². The minimum atomic E-state index is 0.715. The van der Waals surface area contributed by atoms with E-state index < -0.39 is 0 Å². The summed E-state index contributed by atoms with van der Waals surface area (Å²) < 4.78 is 0. The molecular formula is C14H31N. The molecule has 0 aliphatic carbocycles. The SMILES string of the molecule is CCC(CC)NC(CC(C)C)CC(C)C. The fourth-order valence-electron chi connectivity index (χ4n) is 2.23. The topological polar surface area (TPSA) is 12.0 Å². The van der Waals surface area contributed by atoms with E-state index in [4.69, 9.17) is 0 Å². The molecule has 0 aromatic carbocycles. The molecule has 0 heterocycles. The molecule has 0 rings (SSSR count). The molecule has 0 atom stereocenters. The fraction of sp³-hybridized carbons (Fsp3) is 1.00. The first-order valence-electron chi connectivity index (χ1n) is 6.75. The zero-order valence-electron chi connectivity index (χ0n) is 11.6. The maximum absolute atomic E-state index is 3.82. The van der Waals surface area contributed by atoms with Gasteiger partial charge < -0.3 is 5.32 Å². The van der Waals surface area contributed by atoms with Crippen LogP contribution >= 0.6 is 0 Å². The minimum absolute atomic E-state index is 0.715. The Morgan fingerprint density at radius 1 is 0.733 bits per heavy atom. The van der Waals surface area contributed by atoms with Gasteiger partial charge in [-0.1, -0.05) is 41.5 Å². The third-order valence-corrected chi connectivity index (χ3v) is 2.97. The molecule has 0 radical (unpaired) electrons. The molecule has 0 bridgehead atoms. The van der Waals surface area contributed by atoms with Crippen molar-refractivity contribution >= 4 is 0 Å². The van der Waals surface area contributed by atoms with Gasteiger partial charge in [-0.25, -0.2) is 0 Å². The van der Waals surface area contributed by atoms with Crippen molar-refractivity contribution in [3.63, 3.8) is 0 Å². The second kappa shape index (κ2) is 8.15. The van der Waals surface area contributed by atoms with Crippen LogP contribution in [0.5, 0.6) is 0 Å². The van der Waals surface area contributed by atoms with Crippen LogP contribution in [-0.2, 0) is 0 Å². The Labute approximate surface area is 97.0 Å². The molecule has 92 valence electrons. The summed E-state index contributed by atoms with van der Waals surface area (Å²) >= 11 is 0. The number of hydrogen-bond acceptors (Lipinski definition) is 1. The molecule has 0 spiro atoms. The molecule has 15 heavy (non-hydrogen) atoms. The Balaban J connectivity index is 4.09. The first kappa shape index (κ1) is 15.0. The smallest absolute Gasteiger partial charge is 0.00745 e. The lowest BCUT2D eigenvalue weighted by molar-refractivity contribution is 0.317. The fourth-order valence-corrected chi connectivity index (χ4v) is 2.23. The van der Waals surface area contributed by atoms with Crippen LogP contribution in [0.25, 0.3) is 0 Å². The van der Waals surface area contributed by atoms with Gasteiger partial charge in [-0.3, -0.25) is 0 Å². The lowest BCUT2D eigenvalue weighted by Gasteiger charge is -2.27. The summed E-state index contributed by atoms with van der Waals surface area (Å²) in [4.78, 5) is 0. The third-order valence-electron chi connectivity index (χ3n) is 2.97. The predicted octanol–water partition coefficient (Wildman–Crippen LogP) is 4.23. The Hall–Kier alpha value is -0.0400. The summed E-state index contributed by atoms with van der Waals surface area (Å²) in [6, 6.07) is 1.43. The van der Waals surface area contributed by atoms with Crippen LogP contribution in [0.1, 0.15) is 67.2 Å². The van der Waals surface area contributed by atoms with Crippen LogP contribution in [0, 0.1) is 11.8 Å². The van der Waals surface area contributed by atoms with Crippen molar-refractivity contribution in [2.75, 3.05) is 0 Å². The largest absolute Gasteiger partial charge is 0.311 e. The second-order valence-electron chi connectivity index (χ2n) is 5.64. The van der Waals surface area contributed by atoms with Crippen LogP contribution in [0.4, 0.5) is 0 Å². The van der Waals surface area contributed by atoms with E-state index in [1.807, 2.05) is 0 Å². The van der Waals surface area contributed by atoms with Gasteiger partial charge in [-0.2, -0.15) is 0 Å². The van der Waals surface area contributed by atoms with Crippen LogP contribution in [-0.4, -0.2) is 12.1 Å². The van der Waals surface area contributed by atoms with Gasteiger partial charge in [-0.15, -0.1) is 0 Å². The van der Waals surface area contributed by atoms with Gasteiger partial charge >= 0.3 is 0 Å². The van der Waals surface area contributed by atoms with Crippen molar-refractivity contribution in [2.24, 2.45) is 11.8 Å². The molecule has 0 unspecified atom stereocenters. The van der Waals surface area contributed by atoms with E-state index in [0.29, 0.717) is 6.04 Å². The highest BCUT2D eigenvalue weighted by atomic mass is 14.9. The van der Waals surface area contributed by atoms with Gasteiger partial charge in [-0.05, 0) is 37.5 Å². The molecule has 0 saturated heterocycles. The maximum Gasteiger partial charge on any atom is 0.00745 e. The molecule has 0 fully saturated rings. The predicted molar refractivity (Wildman–Crippen MR) is 70.2 cm³/mol. The van der Waals surface area contributed by atoms with Gasteiger partial charge in [0, 0.05) is 12.1 Å².